The van der Waals surface area contributed by atoms with Crippen LogP contribution < -0.4 is 0 Å². The summed E-state index contributed by atoms with van der Waals surface area (Å²) in [6.45, 7) is 2.92. The molecule has 33 heavy (non-hydrogen) atoms. The zero-order chi connectivity index (χ0) is 22.8. The van der Waals surface area contributed by atoms with E-state index in [9.17, 15) is 9.59 Å². The molecule has 0 spiro atoms. The summed E-state index contributed by atoms with van der Waals surface area (Å²) in [4.78, 5) is 28.8. The van der Waals surface area contributed by atoms with Gasteiger partial charge in [0.1, 0.15) is 12.6 Å². The maximum atomic E-state index is 13.6. The van der Waals surface area contributed by atoms with Crippen LogP contribution in [0.5, 0.6) is 0 Å². The molecule has 3 aromatic rings. The first-order chi connectivity index (χ1) is 16.1. The van der Waals surface area contributed by atoms with E-state index in [2.05, 4.69) is 24.0 Å². The highest BCUT2D eigenvalue weighted by Crippen LogP contribution is 2.48. The molecule has 1 heterocycles. The first-order valence-corrected chi connectivity index (χ1v) is 11.4. The largest absolute Gasteiger partial charge is 0.460 e. The molecule has 3 aromatic carbocycles. The van der Waals surface area contributed by atoms with Gasteiger partial charge in [0.05, 0.1) is 5.92 Å². The highest BCUT2D eigenvalue weighted by atomic mass is 16.5. The second-order valence-corrected chi connectivity index (χ2v) is 8.83. The lowest BCUT2D eigenvalue weighted by atomic mass is 9.82. The lowest BCUT2D eigenvalue weighted by Gasteiger charge is -2.33. The van der Waals surface area contributed by atoms with Crippen molar-refractivity contribution in [1.29, 1.82) is 0 Å². The molecule has 0 amide bonds. The second-order valence-electron chi connectivity index (χ2n) is 8.83. The van der Waals surface area contributed by atoms with Gasteiger partial charge in [-0.25, -0.2) is 0 Å². The molecule has 5 rings (SSSR count). The first-order valence-electron chi connectivity index (χ1n) is 11.4. The lowest BCUT2D eigenvalue weighted by molar-refractivity contribution is -0.152. The number of hydrogen-bond donors (Lipinski definition) is 0. The summed E-state index contributed by atoms with van der Waals surface area (Å²) in [6, 6.07) is 29.2. The van der Waals surface area contributed by atoms with E-state index < -0.39 is 6.04 Å². The number of ether oxygens (including phenoxy) is 1. The Hall–Kier alpha value is -3.50. The molecule has 1 aliphatic heterocycles. The molecule has 0 N–H and O–H groups in total. The van der Waals surface area contributed by atoms with Crippen LogP contribution in [-0.4, -0.2) is 29.2 Å². The van der Waals surface area contributed by atoms with Crippen LogP contribution in [0.15, 0.2) is 103 Å². The van der Waals surface area contributed by atoms with Crippen LogP contribution in [-0.2, 0) is 20.9 Å². The summed E-state index contributed by atoms with van der Waals surface area (Å²) in [5.74, 6) is -0.766. The topological polar surface area (TPSA) is 46.6 Å². The number of benzene rings is 3. The van der Waals surface area contributed by atoms with Crippen LogP contribution in [0.1, 0.15) is 35.6 Å². The molecule has 4 nitrogen and oxygen atoms in total. The molecule has 0 aromatic heterocycles. The quantitative estimate of drug-likeness (QED) is 0.505. The number of rotatable bonds is 6. The molecular weight excluding hydrogens is 410 g/mol. The lowest BCUT2D eigenvalue weighted by Crippen LogP contribution is -2.44. The normalized spacial score (nSPS) is 23.1. The number of carbonyl (C=O) groups is 2. The van der Waals surface area contributed by atoms with E-state index >= 15 is 0 Å². The Labute approximate surface area is 194 Å². The molecule has 1 saturated heterocycles. The molecule has 2 aliphatic rings. The summed E-state index contributed by atoms with van der Waals surface area (Å²) >= 11 is 0. The number of likely N-dealkylation sites (tertiary alicyclic amines) is 1. The van der Waals surface area contributed by atoms with Gasteiger partial charge in [0, 0.05) is 18.5 Å². The first kappa shape index (κ1) is 21.4. The van der Waals surface area contributed by atoms with E-state index in [0.29, 0.717) is 6.54 Å². The summed E-state index contributed by atoms with van der Waals surface area (Å²) in [5.41, 5.74) is 4.07. The predicted octanol–water partition coefficient (Wildman–Crippen LogP) is 5.08. The Bertz CT molecular complexity index is 1160. The number of ketones is 1. The summed E-state index contributed by atoms with van der Waals surface area (Å²) in [5, 5.41) is 0. The molecule has 0 bridgehead atoms. The molecular formula is C29H27NO3. The van der Waals surface area contributed by atoms with Gasteiger partial charge in [0.25, 0.3) is 0 Å². The third-order valence-electron chi connectivity index (χ3n) is 6.89. The van der Waals surface area contributed by atoms with Crippen molar-refractivity contribution >= 4 is 11.8 Å². The summed E-state index contributed by atoms with van der Waals surface area (Å²) < 4.78 is 5.84. The minimum Gasteiger partial charge on any atom is -0.460 e. The van der Waals surface area contributed by atoms with E-state index in [0.717, 1.165) is 22.3 Å². The van der Waals surface area contributed by atoms with Crippen molar-refractivity contribution in [2.75, 3.05) is 6.54 Å². The van der Waals surface area contributed by atoms with Gasteiger partial charge in [-0.2, -0.15) is 0 Å². The molecule has 1 aliphatic carbocycles. The fraction of sp³-hybridized carbons (Fsp3) is 0.241. The van der Waals surface area contributed by atoms with Crippen molar-refractivity contribution in [3.8, 4) is 0 Å². The van der Waals surface area contributed by atoms with Crippen LogP contribution in [0.25, 0.3) is 0 Å². The minimum absolute atomic E-state index is 0.0125. The molecule has 0 unspecified atom stereocenters. The Morgan fingerprint density at radius 2 is 1.55 bits per heavy atom. The predicted molar refractivity (Wildman–Crippen MR) is 127 cm³/mol. The van der Waals surface area contributed by atoms with Crippen molar-refractivity contribution < 1.29 is 14.3 Å². The van der Waals surface area contributed by atoms with Crippen molar-refractivity contribution in [2.24, 2.45) is 5.92 Å². The maximum Gasteiger partial charge on any atom is 0.324 e. The zero-order valence-corrected chi connectivity index (χ0v) is 18.6. The zero-order valence-electron chi connectivity index (χ0n) is 18.6. The minimum atomic E-state index is -0.521. The number of carbonyl (C=O) groups excluding carboxylic acids is 2. The van der Waals surface area contributed by atoms with Gasteiger partial charge in [-0.3, -0.25) is 14.5 Å². The van der Waals surface area contributed by atoms with Gasteiger partial charge in [0.15, 0.2) is 5.78 Å². The van der Waals surface area contributed by atoms with Crippen molar-refractivity contribution in [2.45, 2.75) is 31.5 Å². The van der Waals surface area contributed by atoms with E-state index in [1.54, 1.807) is 6.08 Å². The number of hydrogen-bond acceptors (Lipinski definition) is 4. The van der Waals surface area contributed by atoms with E-state index in [4.69, 9.17) is 4.74 Å². The second kappa shape index (κ2) is 9.16. The van der Waals surface area contributed by atoms with Crippen molar-refractivity contribution in [1.82, 2.24) is 4.90 Å². The molecule has 0 radical (unpaired) electrons. The Morgan fingerprint density at radius 1 is 0.939 bits per heavy atom. The fourth-order valence-corrected chi connectivity index (χ4v) is 5.24. The Balaban J connectivity index is 1.48. The summed E-state index contributed by atoms with van der Waals surface area (Å²) in [7, 11) is 0. The van der Waals surface area contributed by atoms with Gasteiger partial charge < -0.3 is 4.74 Å². The van der Waals surface area contributed by atoms with E-state index in [1.807, 2.05) is 78.9 Å². The smallest absolute Gasteiger partial charge is 0.324 e. The van der Waals surface area contributed by atoms with Gasteiger partial charge in [-0.1, -0.05) is 91.0 Å². The molecule has 1 fully saturated rings. The molecule has 0 saturated carbocycles. The monoisotopic (exact) mass is 437 g/mol. The molecule has 4 heteroatoms. The van der Waals surface area contributed by atoms with Crippen LogP contribution >= 0.6 is 0 Å². The van der Waals surface area contributed by atoms with E-state index in [-0.39, 0.29) is 36.2 Å². The van der Waals surface area contributed by atoms with Gasteiger partial charge >= 0.3 is 5.97 Å². The van der Waals surface area contributed by atoms with Crippen LogP contribution in [0.4, 0.5) is 0 Å². The average molecular weight is 438 g/mol. The molecule has 166 valence electrons. The fourth-order valence-electron chi connectivity index (χ4n) is 5.24. The Kier molecular flexibility index (Phi) is 5.93. The van der Waals surface area contributed by atoms with Crippen LogP contribution in [0, 0.1) is 5.92 Å². The number of nitrogens with zero attached hydrogens (tertiary/aromatic N) is 1. The SMILES string of the molecule is C[C@@H](c1ccccc1)N1CC2=CC(=O)[C@H](c3ccccc3)[C@H]2[C@@H]1C(=O)OCc1ccccc1. The standard InChI is InChI=1S/C29H27NO3/c1-20(22-13-7-3-8-14-22)30-18-24-17-25(31)26(23-15-9-4-10-16-23)27(24)28(30)29(32)33-19-21-11-5-2-6-12-21/h2-17,20,26-28H,18-19H2,1H3/t20-,26-,27-,28+/m0/s1. The highest BCUT2D eigenvalue weighted by molar-refractivity contribution is 6.01. The van der Waals surface area contributed by atoms with Crippen molar-refractivity contribution in [3.63, 3.8) is 0 Å². The number of allylic oxidation sites excluding steroid dienone is 1. The van der Waals surface area contributed by atoms with Crippen LogP contribution in [0.2, 0.25) is 0 Å². The molecule has 4 atom stereocenters. The highest BCUT2D eigenvalue weighted by Gasteiger charge is 2.53. The third kappa shape index (κ3) is 4.14. The average Bonchev–Trinajstić information content (AvgIpc) is 3.38. The van der Waals surface area contributed by atoms with Crippen LogP contribution in [0.3, 0.4) is 0 Å². The maximum absolute atomic E-state index is 13.6. The van der Waals surface area contributed by atoms with Gasteiger partial charge in [-0.15, -0.1) is 0 Å². The third-order valence-corrected chi connectivity index (χ3v) is 6.89. The Morgan fingerprint density at radius 3 is 2.21 bits per heavy atom. The summed E-state index contributed by atoms with van der Waals surface area (Å²) in [6.07, 6.45) is 1.76. The van der Waals surface area contributed by atoms with Gasteiger partial charge in [0.2, 0.25) is 0 Å². The van der Waals surface area contributed by atoms with E-state index in [1.165, 1.54) is 0 Å². The number of esters is 1. The van der Waals surface area contributed by atoms with Crippen molar-refractivity contribution in [3.05, 3.63) is 119 Å². The number of fused-ring (bicyclic) bond motifs is 1. The van der Waals surface area contributed by atoms with Gasteiger partial charge in [-0.05, 0) is 35.3 Å².